The molecular formula is C19H21Cl2N3O2S. The summed E-state index contributed by atoms with van der Waals surface area (Å²) in [5.74, 6) is -0.0705. The number of carbonyl (C=O) groups excluding carboxylic acids is 2. The first-order valence-corrected chi connectivity index (χ1v) is 10.5. The molecule has 2 heterocycles. The van der Waals surface area contributed by atoms with E-state index in [4.69, 9.17) is 23.2 Å². The zero-order valence-corrected chi connectivity index (χ0v) is 17.5. The predicted molar refractivity (Wildman–Crippen MR) is 109 cm³/mol. The highest BCUT2D eigenvalue weighted by molar-refractivity contribution is 7.09. The van der Waals surface area contributed by atoms with Crippen LogP contribution in [-0.2, 0) is 11.3 Å². The van der Waals surface area contributed by atoms with Crippen LogP contribution in [0.3, 0.4) is 0 Å². The molecule has 0 spiro atoms. The number of hydrogen-bond acceptors (Lipinski definition) is 4. The number of thiazole rings is 1. The quantitative estimate of drug-likeness (QED) is 0.766. The number of likely N-dealkylation sites (tertiary alicyclic amines) is 1. The van der Waals surface area contributed by atoms with E-state index in [0.29, 0.717) is 41.0 Å². The van der Waals surface area contributed by atoms with Crippen LogP contribution in [-0.4, -0.2) is 34.3 Å². The zero-order valence-electron chi connectivity index (χ0n) is 15.2. The summed E-state index contributed by atoms with van der Waals surface area (Å²) in [6.45, 7) is 5.06. The third-order valence-corrected chi connectivity index (χ3v) is 6.24. The van der Waals surface area contributed by atoms with Gasteiger partial charge in [0.25, 0.3) is 5.91 Å². The molecule has 144 valence electrons. The smallest absolute Gasteiger partial charge is 0.256 e. The molecule has 1 N–H and O–H groups in total. The fourth-order valence-electron chi connectivity index (χ4n) is 3.06. The molecule has 1 unspecified atom stereocenters. The average Bonchev–Trinajstić information content (AvgIpc) is 3.30. The Morgan fingerprint density at radius 2 is 2.15 bits per heavy atom. The summed E-state index contributed by atoms with van der Waals surface area (Å²) in [5.41, 5.74) is 1.16. The summed E-state index contributed by atoms with van der Waals surface area (Å²) in [5, 5.41) is 6.68. The monoisotopic (exact) mass is 425 g/mol. The Bertz CT molecular complexity index is 853. The third-order valence-electron chi connectivity index (χ3n) is 4.48. The molecule has 1 atom stereocenters. The minimum Gasteiger partial charge on any atom is -0.349 e. The van der Waals surface area contributed by atoms with E-state index in [-0.39, 0.29) is 11.8 Å². The van der Waals surface area contributed by atoms with E-state index in [0.717, 1.165) is 17.1 Å². The van der Waals surface area contributed by atoms with Crippen LogP contribution in [0.4, 0.5) is 0 Å². The molecule has 1 aromatic carbocycles. The van der Waals surface area contributed by atoms with Crippen molar-refractivity contribution in [3.63, 3.8) is 0 Å². The van der Waals surface area contributed by atoms with Gasteiger partial charge in [0.1, 0.15) is 6.04 Å². The first-order chi connectivity index (χ1) is 12.9. The normalized spacial score (nSPS) is 16.8. The number of nitrogens with one attached hydrogen (secondary N) is 1. The van der Waals surface area contributed by atoms with Crippen molar-refractivity contribution in [3.8, 4) is 0 Å². The van der Waals surface area contributed by atoms with E-state index in [9.17, 15) is 9.59 Å². The lowest BCUT2D eigenvalue weighted by Crippen LogP contribution is -2.45. The van der Waals surface area contributed by atoms with Gasteiger partial charge in [-0.1, -0.05) is 37.0 Å². The number of rotatable bonds is 5. The molecule has 5 nitrogen and oxygen atoms in total. The summed E-state index contributed by atoms with van der Waals surface area (Å²) in [7, 11) is 0. The fourth-order valence-corrected chi connectivity index (χ4v) is 4.27. The lowest BCUT2D eigenvalue weighted by Gasteiger charge is -2.24. The van der Waals surface area contributed by atoms with Gasteiger partial charge in [-0.05, 0) is 31.0 Å². The Morgan fingerprint density at radius 1 is 1.37 bits per heavy atom. The third kappa shape index (κ3) is 4.62. The molecular weight excluding hydrogens is 405 g/mol. The van der Waals surface area contributed by atoms with Crippen LogP contribution >= 0.6 is 34.5 Å². The Labute approximate surface area is 172 Å². The molecule has 1 aromatic heterocycles. The number of nitrogens with zero attached hydrogens (tertiary/aromatic N) is 2. The molecule has 0 radical (unpaired) electrons. The van der Waals surface area contributed by atoms with Gasteiger partial charge in [0, 0.05) is 22.9 Å². The Hall–Kier alpha value is -1.63. The van der Waals surface area contributed by atoms with Gasteiger partial charge in [-0.15, -0.1) is 11.3 Å². The molecule has 2 amide bonds. The highest BCUT2D eigenvalue weighted by Crippen LogP contribution is 2.26. The molecule has 0 saturated carbocycles. The van der Waals surface area contributed by atoms with Crippen LogP contribution in [0.25, 0.3) is 0 Å². The molecule has 0 bridgehead atoms. The van der Waals surface area contributed by atoms with Crippen molar-refractivity contribution in [2.45, 2.75) is 45.2 Å². The van der Waals surface area contributed by atoms with E-state index in [1.807, 2.05) is 5.38 Å². The number of amides is 2. The van der Waals surface area contributed by atoms with Crippen molar-refractivity contribution in [1.29, 1.82) is 0 Å². The highest BCUT2D eigenvalue weighted by atomic mass is 35.5. The lowest BCUT2D eigenvalue weighted by molar-refractivity contribution is -0.125. The average molecular weight is 426 g/mol. The summed E-state index contributed by atoms with van der Waals surface area (Å²) in [6.07, 6.45) is 1.40. The van der Waals surface area contributed by atoms with Crippen LogP contribution in [0.1, 0.15) is 53.7 Å². The second kappa shape index (κ2) is 8.59. The maximum Gasteiger partial charge on any atom is 0.256 e. The molecule has 0 aliphatic carbocycles. The largest absolute Gasteiger partial charge is 0.349 e. The summed E-state index contributed by atoms with van der Waals surface area (Å²) < 4.78 is 0. The van der Waals surface area contributed by atoms with E-state index >= 15 is 0 Å². The SMILES string of the molecule is CC(C)c1nc(CNC(=O)C2CCCN2C(=O)c2cc(Cl)ccc2Cl)cs1. The first-order valence-electron chi connectivity index (χ1n) is 8.85. The van der Waals surface area contributed by atoms with Crippen LogP contribution in [0.2, 0.25) is 10.0 Å². The molecule has 1 fully saturated rings. The number of hydrogen-bond donors (Lipinski definition) is 1. The Balaban J connectivity index is 1.67. The van der Waals surface area contributed by atoms with Crippen molar-refractivity contribution < 1.29 is 9.59 Å². The number of benzene rings is 1. The van der Waals surface area contributed by atoms with Gasteiger partial charge in [0.15, 0.2) is 0 Å². The summed E-state index contributed by atoms with van der Waals surface area (Å²) in [4.78, 5) is 31.6. The zero-order chi connectivity index (χ0) is 19.6. The topological polar surface area (TPSA) is 62.3 Å². The Kier molecular flexibility index (Phi) is 6.40. The standard InChI is InChI=1S/C19H21Cl2N3O2S/c1-11(2)18-23-13(10-27-18)9-22-17(25)16-4-3-7-24(16)19(26)14-8-12(20)5-6-15(14)21/h5-6,8,10-11,16H,3-4,7,9H2,1-2H3,(H,22,25). The minimum atomic E-state index is -0.504. The van der Waals surface area contributed by atoms with E-state index in [1.165, 1.54) is 0 Å². The van der Waals surface area contributed by atoms with Crippen molar-refractivity contribution in [2.75, 3.05) is 6.54 Å². The molecule has 3 rings (SSSR count). The fraction of sp³-hybridized carbons (Fsp3) is 0.421. The van der Waals surface area contributed by atoms with Crippen LogP contribution < -0.4 is 5.32 Å². The van der Waals surface area contributed by atoms with Crippen molar-refractivity contribution in [3.05, 3.63) is 49.9 Å². The van der Waals surface area contributed by atoms with Gasteiger partial charge < -0.3 is 10.2 Å². The first kappa shape index (κ1) is 20.1. The van der Waals surface area contributed by atoms with Crippen molar-refractivity contribution in [2.24, 2.45) is 0 Å². The predicted octanol–water partition coefficient (Wildman–Crippen LogP) is 4.49. The van der Waals surface area contributed by atoms with Crippen molar-refractivity contribution in [1.82, 2.24) is 15.2 Å². The Morgan fingerprint density at radius 3 is 2.85 bits per heavy atom. The molecule has 1 saturated heterocycles. The second-order valence-electron chi connectivity index (χ2n) is 6.83. The number of aromatic nitrogens is 1. The van der Waals surface area contributed by atoms with Gasteiger partial charge in [-0.25, -0.2) is 4.98 Å². The summed E-state index contributed by atoms with van der Waals surface area (Å²) >= 11 is 13.7. The molecule has 27 heavy (non-hydrogen) atoms. The maximum atomic E-state index is 12.9. The molecule has 8 heteroatoms. The van der Waals surface area contributed by atoms with Gasteiger partial charge in [0.2, 0.25) is 5.91 Å². The number of carbonyl (C=O) groups is 2. The van der Waals surface area contributed by atoms with E-state index in [2.05, 4.69) is 24.1 Å². The van der Waals surface area contributed by atoms with E-state index in [1.54, 1.807) is 34.4 Å². The van der Waals surface area contributed by atoms with Crippen LogP contribution in [0, 0.1) is 0 Å². The van der Waals surface area contributed by atoms with Gasteiger partial charge in [0.05, 0.1) is 27.8 Å². The minimum absolute atomic E-state index is 0.168. The van der Waals surface area contributed by atoms with Gasteiger partial charge in [-0.2, -0.15) is 0 Å². The maximum absolute atomic E-state index is 12.9. The van der Waals surface area contributed by atoms with Crippen molar-refractivity contribution >= 4 is 46.4 Å². The molecule has 1 aliphatic heterocycles. The lowest BCUT2D eigenvalue weighted by atomic mass is 10.1. The van der Waals surface area contributed by atoms with Crippen LogP contribution in [0.15, 0.2) is 23.6 Å². The second-order valence-corrected chi connectivity index (χ2v) is 8.56. The molecule has 2 aromatic rings. The van der Waals surface area contributed by atoms with Gasteiger partial charge in [-0.3, -0.25) is 9.59 Å². The number of halogens is 2. The highest BCUT2D eigenvalue weighted by Gasteiger charge is 2.35. The van der Waals surface area contributed by atoms with Crippen LogP contribution in [0.5, 0.6) is 0 Å². The van der Waals surface area contributed by atoms with E-state index < -0.39 is 6.04 Å². The van der Waals surface area contributed by atoms with Gasteiger partial charge >= 0.3 is 0 Å². The molecule has 1 aliphatic rings. The summed E-state index contributed by atoms with van der Waals surface area (Å²) in [6, 6.07) is 4.27.